The third-order valence-corrected chi connectivity index (χ3v) is 3.67. The average molecular weight is 357 g/mol. The fraction of sp³-hybridized carbons (Fsp3) is 0.176. The van der Waals surface area contributed by atoms with Gasteiger partial charge in [-0.05, 0) is 36.4 Å². The molecule has 1 unspecified atom stereocenters. The van der Waals surface area contributed by atoms with Crippen LogP contribution in [0, 0.1) is 0 Å². The number of fused-ring (bicyclic) bond motifs is 1. The van der Waals surface area contributed by atoms with Crippen LogP contribution in [-0.2, 0) is 0 Å². The lowest BCUT2D eigenvalue weighted by atomic mass is 10.1. The minimum atomic E-state index is -4.48. The Hall–Kier alpha value is -2.34. The Bertz CT molecular complexity index is 770. The van der Waals surface area contributed by atoms with Gasteiger partial charge in [0.05, 0.1) is 12.1 Å². The quantitative estimate of drug-likeness (QED) is 0.729. The van der Waals surface area contributed by atoms with Gasteiger partial charge in [-0.2, -0.15) is 13.2 Å². The predicted molar refractivity (Wildman–Crippen MR) is 84.0 cm³/mol. The van der Waals surface area contributed by atoms with Gasteiger partial charge in [0, 0.05) is 11.6 Å². The van der Waals surface area contributed by atoms with E-state index < -0.39 is 12.3 Å². The number of rotatable bonds is 3. The van der Waals surface area contributed by atoms with Gasteiger partial charge in [-0.25, -0.2) is 0 Å². The number of hydrogen-bond acceptors (Lipinski definition) is 3. The minimum Gasteiger partial charge on any atom is -0.497 e. The van der Waals surface area contributed by atoms with E-state index in [1.807, 2.05) is 0 Å². The van der Waals surface area contributed by atoms with E-state index in [-0.39, 0.29) is 16.5 Å². The average Bonchev–Trinajstić information content (AvgIpc) is 2.55. The van der Waals surface area contributed by atoms with Crippen LogP contribution in [0.2, 0.25) is 5.02 Å². The molecule has 1 aliphatic rings. The molecule has 0 spiro atoms. The fourth-order valence-electron chi connectivity index (χ4n) is 2.17. The van der Waals surface area contributed by atoms with Crippen molar-refractivity contribution >= 4 is 17.7 Å². The number of methoxy groups -OCH3 is 1. The van der Waals surface area contributed by atoms with Crippen LogP contribution >= 0.6 is 11.6 Å². The molecule has 3 rings (SSSR count). The van der Waals surface area contributed by atoms with Crippen LogP contribution in [0.4, 0.5) is 13.2 Å². The van der Waals surface area contributed by atoms with Crippen LogP contribution in [0.3, 0.4) is 0 Å². The molecule has 1 aliphatic heterocycles. The molecule has 24 heavy (non-hydrogen) atoms. The molecule has 0 bridgehead atoms. The summed E-state index contributed by atoms with van der Waals surface area (Å²) in [6, 6.07) is 9.56. The third-order valence-electron chi connectivity index (χ3n) is 3.38. The van der Waals surface area contributed by atoms with E-state index in [4.69, 9.17) is 25.8 Å². The van der Waals surface area contributed by atoms with Crippen LogP contribution in [0.5, 0.6) is 23.0 Å². The van der Waals surface area contributed by atoms with Gasteiger partial charge in [0.1, 0.15) is 23.0 Å². The first kappa shape index (κ1) is 16.5. The topological polar surface area (TPSA) is 27.7 Å². The zero-order chi connectivity index (χ0) is 17.3. The fourth-order valence-corrected chi connectivity index (χ4v) is 2.39. The zero-order valence-corrected chi connectivity index (χ0v) is 13.2. The van der Waals surface area contributed by atoms with E-state index in [1.54, 1.807) is 24.3 Å². The number of benzene rings is 2. The highest BCUT2D eigenvalue weighted by Gasteiger charge is 2.41. The molecule has 2 aromatic carbocycles. The van der Waals surface area contributed by atoms with Gasteiger partial charge >= 0.3 is 6.18 Å². The Morgan fingerprint density at radius 2 is 1.75 bits per heavy atom. The zero-order valence-electron chi connectivity index (χ0n) is 12.4. The molecule has 0 saturated carbocycles. The number of halogens is 4. The Morgan fingerprint density at radius 1 is 1.08 bits per heavy atom. The van der Waals surface area contributed by atoms with E-state index in [0.717, 1.165) is 6.08 Å². The van der Waals surface area contributed by atoms with Gasteiger partial charge < -0.3 is 14.2 Å². The molecular formula is C17H12ClF3O3. The van der Waals surface area contributed by atoms with Gasteiger partial charge in [0.15, 0.2) is 0 Å². The normalized spacial score (nSPS) is 16.3. The van der Waals surface area contributed by atoms with Crippen LogP contribution in [0.15, 0.2) is 42.5 Å². The molecular weight excluding hydrogens is 345 g/mol. The molecule has 2 aromatic rings. The maximum atomic E-state index is 12.8. The Balaban J connectivity index is 1.87. The van der Waals surface area contributed by atoms with Gasteiger partial charge in [0.25, 0.3) is 0 Å². The second kappa shape index (κ2) is 6.28. The van der Waals surface area contributed by atoms with Crippen molar-refractivity contribution in [2.45, 2.75) is 12.3 Å². The van der Waals surface area contributed by atoms with E-state index in [0.29, 0.717) is 17.1 Å². The van der Waals surface area contributed by atoms with E-state index in [1.165, 1.54) is 25.3 Å². The SMILES string of the molecule is COc1ccc(Oc2cc3c(cc2Cl)C=CC(C(F)(F)F)O3)cc1. The molecule has 0 N–H and O–H groups in total. The van der Waals surface area contributed by atoms with Crippen LogP contribution in [-0.4, -0.2) is 19.4 Å². The van der Waals surface area contributed by atoms with Crippen LogP contribution in [0.25, 0.3) is 6.08 Å². The number of hydrogen-bond donors (Lipinski definition) is 0. The molecule has 0 fully saturated rings. The molecule has 0 amide bonds. The Morgan fingerprint density at radius 3 is 2.38 bits per heavy atom. The largest absolute Gasteiger partial charge is 0.497 e. The second-order valence-corrected chi connectivity index (χ2v) is 5.44. The molecule has 7 heteroatoms. The van der Waals surface area contributed by atoms with Crippen molar-refractivity contribution in [1.82, 2.24) is 0 Å². The standard InChI is InChI=1S/C17H12ClF3O3/c1-22-11-3-5-12(6-4-11)23-15-9-14-10(8-13(15)18)2-7-16(24-14)17(19,20)21/h2-9,16H,1H3. The lowest BCUT2D eigenvalue weighted by molar-refractivity contribution is -0.180. The monoisotopic (exact) mass is 356 g/mol. The summed E-state index contributed by atoms with van der Waals surface area (Å²) in [5.74, 6) is 1.39. The maximum absolute atomic E-state index is 12.8. The lowest BCUT2D eigenvalue weighted by Crippen LogP contribution is -2.33. The van der Waals surface area contributed by atoms with Crippen molar-refractivity contribution in [2.24, 2.45) is 0 Å². The highest BCUT2D eigenvalue weighted by Crippen LogP contribution is 2.40. The first-order chi connectivity index (χ1) is 11.4. The summed E-state index contributed by atoms with van der Waals surface area (Å²) in [5.41, 5.74) is 0.461. The van der Waals surface area contributed by atoms with Crippen molar-refractivity contribution in [3.05, 3.63) is 53.1 Å². The van der Waals surface area contributed by atoms with E-state index >= 15 is 0 Å². The summed E-state index contributed by atoms with van der Waals surface area (Å²) in [4.78, 5) is 0. The summed E-state index contributed by atoms with van der Waals surface area (Å²) < 4.78 is 54.0. The van der Waals surface area contributed by atoms with Crippen molar-refractivity contribution in [2.75, 3.05) is 7.11 Å². The second-order valence-electron chi connectivity index (χ2n) is 5.04. The number of alkyl halides is 3. The van der Waals surface area contributed by atoms with Crippen molar-refractivity contribution < 1.29 is 27.4 Å². The molecule has 0 radical (unpaired) electrons. The molecule has 126 valence electrons. The molecule has 3 nitrogen and oxygen atoms in total. The first-order valence-electron chi connectivity index (χ1n) is 6.94. The van der Waals surface area contributed by atoms with Gasteiger partial charge in [0.2, 0.25) is 6.10 Å². The van der Waals surface area contributed by atoms with Crippen molar-refractivity contribution in [3.63, 3.8) is 0 Å². The maximum Gasteiger partial charge on any atom is 0.429 e. The molecule has 0 aromatic heterocycles. The third kappa shape index (κ3) is 3.43. The predicted octanol–water partition coefficient (Wildman–Crippen LogP) is 5.48. The molecule has 0 aliphatic carbocycles. The summed E-state index contributed by atoms with van der Waals surface area (Å²) in [7, 11) is 1.54. The van der Waals surface area contributed by atoms with E-state index in [2.05, 4.69) is 0 Å². The highest BCUT2D eigenvalue weighted by molar-refractivity contribution is 6.32. The summed E-state index contributed by atoms with van der Waals surface area (Å²) in [6.07, 6.45) is -4.19. The van der Waals surface area contributed by atoms with Gasteiger partial charge in [-0.1, -0.05) is 17.7 Å². The Kier molecular flexibility index (Phi) is 4.32. The number of ether oxygens (including phenoxy) is 3. The summed E-state index contributed by atoms with van der Waals surface area (Å²) >= 11 is 6.13. The summed E-state index contributed by atoms with van der Waals surface area (Å²) in [6.45, 7) is 0. The molecule has 0 saturated heterocycles. The first-order valence-corrected chi connectivity index (χ1v) is 7.31. The van der Waals surface area contributed by atoms with Crippen molar-refractivity contribution in [1.29, 1.82) is 0 Å². The van der Waals surface area contributed by atoms with Gasteiger partial charge in [-0.3, -0.25) is 0 Å². The van der Waals surface area contributed by atoms with Crippen LogP contribution in [0.1, 0.15) is 5.56 Å². The highest BCUT2D eigenvalue weighted by atomic mass is 35.5. The summed E-state index contributed by atoms with van der Waals surface area (Å²) in [5, 5.41) is 0.267. The van der Waals surface area contributed by atoms with E-state index in [9.17, 15) is 13.2 Å². The Labute approximate surface area is 141 Å². The van der Waals surface area contributed by atoms with Crippen LogP contribution < -0.4 is 14.2 Å². The molecule has 1 atom stereocenters. The van der Waals surface area contributed by atoms with Crippen molar-refractivity contribution in [3.8, 4) is 23.0 Å². The molecule has 1 heterocycles. The smallest absolute Gasteiger partial charge is 0.429 e. The minimum absolute atomic E-state index is 0.0627. The van der Waals surface area contributed by atoms with Gasteiger partial charge in [-0.15, -0.1) is 0 Å². The lowest BCUT2D eigenvalue weighted by Gasteiger charge is -2.24.